The van der Waals surface area contributed by atoms with Gasteiger partial charge in [0, 0.05) is 50.6 Å². The van der Waals surface area contributed by atoms with Crippen molar-refractivity contribution in [2.24, 2.45) is 5.92 Å². The van der Waals surface area contributed by atoms with Crippen LogP contribution >= 0.6 is 0 Å². The Bertz CT molecular complexity index is 560. The average Bonchev–Trinajstić information content (AvgIpc) is 2.54. The first-order valence-electron chi connectivity index (χ1n) is 8.78. The molecule has 1 fully saturated rings. The summed E-state index contributed by atoms with van der Waals surface area (Å²) in [5, 5.41) is 2.90. The quantitative estimate of drug-likeness (QED) is 0.839. The summed E-state index contributed by atoms with van der Waals surface area (Å²) in [6.45, 7) is 7.47. The third-order valence-electron chi connectivity index (χ3n) is 4.32. The van der Waals surface area contributed by atoms with E-state index in [-0.39, 0.29) is 11.5 Å². The van der Waals surface area contributed by atoms with E-state index in [9.17, 15) is 9.59 Å². The maximum absolute atomic E-state index is 12.2. The fraction of sp³-hybridized carbons (Fsp3) is 0.667. The highest BCUT2D eigenvalue weighted by molar-refractivity contribution is 5.75. The molecular formula is C18H29N3O2. The maximum Gasteiger partial charge on any atom is 0.252 e. The zero-order valence-electron chi connectivity index (χ0n) is 14.4. The Morgan fingerprint density at radius 3 is 2.65 bits per heavy atom. The topological polar surface area (TPSA) is 54.3 Å². The molecule has 2 rings (SSSR count). The number of amides is 1. The summed E-state index contributed by atoms with van der Waals surface area (Å²) in [5.74, 6) is 0.595. The lowest BCUT2D eigenvalue weighted by molar-refractivity contribution is -0.121. The molecule has 0 unspecified atom stereocenters. The number of nitrogens with zero attached hydrogens (tertiary/aromatic N) is 2. The van der Waals surface area contributed by atoms with Crippen LogP contribution < -0.4 is 15.8 Å². The van der Waals surface area contributed by atoms with Crippen molar-refractivity contribution in [2.75, 3.05) is 24.5 Å². The van der Waals surface area contributed by atoms with Gasteiger partial charge in [-0.25, -0.2) is 0 Å². The van der Waals surface area contributed by atoms with Gasteiger partial charge in [-0.3, -0.25) is 9.59 Å². The van der Waals surface area contributed by atoms with Gasteiger partial charge < -0.3 is 14.8 Å². The second-order valence-corrected chi connectivity index (χ2v) is 6.75. The molecule has 2 heterocycles. The molecule has 0 aromatic carbocycles. The number of carbonyl (C=O) groups excluding carboxylic acids is 1. The van der Waals surface area contributed by atoms with E-state index in [0.717, 1.165) is 25.2 Å². The molecule has 5 nitrogen and oxygen atoms in total. The van der Waals surface area contributed by atoms with Crippen molar-refractivity contribution < 1.29 is 4.79 Å². The number of pyridine rings is 1. The van der Waals surface area contributed by atoms with Gasteiger partial charge in [-0.1, -0.05) is 13.8 Å². The number of hydrogen-bond acceptors (Lipinski definition) is 3. The first-order valence-corrected chi connectivity index (χ1v) is 8.78. The number of hydrogen-bond donors (Lipinski definition) is 1. The second-order valence-electron chi connectivity index (χ2n) is 6.75. The summed E-state index contributed by atoms with van der Waals surface area (Å²) in [7, 11) is 0. The summed E-state index contributed by atoms with van der Waals surface area (Å²) >= 11 is 0. The van der Waals surface area contributed by atoms with Crippen LogP contribution in [0.5, 0.6) is 0 Å². The Kier molecular flexibility index (Phi) is 6.68. The predicted octanol–water partition coefficient (Wildman–Crippen LogP) is 2.39. The minimum absolute atomic E-state index is 0.0117. The molecule has 0 radical (unpaired) electrons. The lowest BCUT2D eigenvalue weighted by Gasteiger charge is -2.28. The standard InChI is InChI=1S/C18H29N3O2/c1-15(2)6-9-19-17(22)8-13-21-12-7-16(14-18(21)23)20-10-4-3-5-11-20/h7,12,14-15H,3-6,8-11,13H2,1-2H3,(H,19,22). The van der Waals surface area contributed by atoms with Crippen LogP contribution in [0.25, 0.3) is 0 Å². The molecule has 1 aromatic heterocycles. The van der Waals surface area contributed by atoms with Gasteiger partial charge in [0.25, 0.3) is 5.56 Å². The van der Waals surface area contributed by atoms with Crippen LogP contribution in [-0.4, -0.2) is 30.1 Å². The van der Waals surface area contributed by atoms with Crippen LogP contribution in [0.4, 0.5) is 5.69 Å². The van der Waals surface area contributed by atoms with Crippen molar-refractivity contribution in [3.05, 3.63) is 28.7 Å². The van der Waals surface area contributed by atoms with Gasteiger partial charge in [0.1, 0.15) is 0 Å². The molecular weight excluding hydrogens is 290 g/mol. The van der Waals surface area contributed by atoms with Gasteiger partial charge in [-0.05, 0) is 37.7 Å². The van der Waals surface area contributed by atoms with E-state index in [2.05, 4.69) is 24.1 Å². The largest absolute Gasteiger partial charge is 0.371 e. The predicted molar refractivity (Wildman–Crippen MR) is 93.8 cm³/mol. The molecule has 1 N–H and O–H groups in total. The van der Waals surface area contributed by atoms with Crippen molar-refractivity contribution >= 4 is 11.6 Å². The molecule has 0 bridgehead atoms. The molecule has 1 aromatic rings. The zero-order valence-corrected chi connectivity index (χ0v) is 14.4. The van der Waals surface area contributed by atoms with Crippen LogP contribution in [0.1, 0.15) is 46.0 Å². The summed E-state index contributed by atoms with van der Waals surface area (Å²) in [5.41, 5.74) is 0.982. The molecule has 23 heavy (non-hydrogen) atoms. The van der Waals surface area contributed by atoms with Crippen molar-refractivity contribution in [3.8, 4) is 0 Å². The van der Waals surface area contributed by atoms with Crippen LogP contribution in [0.2, 0.25) is 0 Å². The van der Waals surface area contributed by atoms with Crippen LogP contribution in [0, 0.1) is 5.92 Å². The normalized spacial score (nSPS) is 15.0. The SMILES string of the molecule is CC(C)CCNC(=O)CCn1ccc(N2CCCCC2)cc1=O. The maximum atomic E-state index is 12.2. The van der Waals surface area contributed by atoms with E-state index in [4.69, 9.17) is 0 Å². The number of nitrogens with one attached hydrogen (secondary N) is 1. The molecule has 128 valence electrons. The lowest BCUT2D eigenvalue weighted by Crippen LogP contribution is -2.32. The molecule has 1 saturated heterocycles. The van der Waals surface area contributed by atoms with Gasteiger partial charge in [-0.15, -0.1) is 0 Å². The van der Waals surface area contributed by atoms with E-state index in [1.807, 2.05) is 12.3 Å². The van der Waals surface area contributed by atoms with Crippen molar-refractivity contribution in [2.45, 2.75) is 52.5 Å². The fourth-order valence-corrected chi connectivity index (χ4v) is 2.84. The highest BCUT2D eigenvalue weighted by Crippen LogP contribution is 2.17. The van der Waals surface area contributed by atoms with E-state index < -0.39 is 0 Å². The minimum Gasteiger partial charge on any atom is -0.371 e. The van der Waals surface area contributed by atoms with Gasteiger partial charge in [0.15, 0.2) is 0 Å². The summed E-state index contributed by atoms with van der Waals surface area (Å²) < 4.78 is 1.62. The van der Waals surface area contributed by atoms with Gasteiger partial charge >= 0.3 is 0 Å². The smallest absolute Gasteiger partial charge is 0.252 e. The monoisotopic (exact) mass is 319 g/mol. The molecule has 1 aliphatic heterocycles. The summed E-state index contributed by atoms with van der Waals surface area (Å²) in [6, 6.07) is 3.69. The van der Waals surface area contributed by atoms with Crippen molar-refractivity contribution in [1.29, 1.82) is 0 Å². The molecule has 0 atom stereocenters. The minimum atomic E-state index is -0.0250. The van der Waals surface area contributed by atoms with Crippen LogP contribution in [0.3, 0.4) is 0 Å². The number of piperidine rings is 1. The summed E-state index contributed by atoms with van der Waals surface area (Å²) in [6.07, 6.45) is 6.81. The molecule has 5 heteroatoms. The number of aromatic nitrogens is 1. The Labute approximate surface area is 138 Å². The van der Waals surface area contributed by atoms with Gasteiger partial charge in [-0.2, -0.15) is 0 Å². The number of aryl methyl sites for hydroxylation is 1. The number of carbonyl (C=O) groups is 1. The Balaban J connectivity index is 1.83. The third kappa shape index (κ3) is 5.73. The Hall–Kier alpha value is -1.78. The van der Waals surface area contributed by atoms with Crippen LogP contribution in [-0.2, 0) is 11.3 Å². The molecule has 1 amide bonds. The van der Waals surface area contributed by atoms with Crippen molar-refractivity contribution in [1.82, 2.24) is 9.88 Å². The molecule has 0 aliphatic carbocycles. The zero-order chi connectivity index (χ0) is 16.7. The Morgan fingerprint density at radius 1 is 1.26 bits per heavy atom. The van der Waals surface area contributed by atoms with Gasteiger partial charge in [0.05, 0.1) is 0 Å². The first kappa shape index (κ1) is 17.6. The fourth-order valence-electron chi connectivity index (χ4n) is 2.84. The van der Waals surface area contributed by atoms with E-state index in [0.29, 0.717) is 25.4 Å². The summed E-state index contributed by atoms with van der Waals surface area (Å²) in [4.78, 5) is 26.3. The number of anilines is 1. The third-order valence-corrected chi connectivity index (χ3v) is 4.32. The molecule has 0 spiro atoms. The lowest BCUT2D eigenvalue weighted by atomic mass is 10.1. The van der Waals surface area contributed by atoms with E-state index in [1.165, 1.54) is 19.3 Å². The van der Waals surface area contributed by atoms with E-state index >= 15 is 0 Å². The first-order chi connectivity index (χ1) is 11.1. The second kappa shape index (κ2) is 8.75. The van der Waals surface area contributed by atoms with E-state index in [1.54, 1.807) is 10.6 Å². The van der Waals surface area contributed by atoms with Crippen LogP contribution in [0.15, 0.2) is 23.1 Å². The average molecular weight is 319 g/mol. The highest BCUT2D eigenvalue weighted by Gasteiger charge is 2.12. The Morgan fingerprint density at radius 2 is 2.00 bits per heavy atom. The molecule has 1 aliphatic rings. The van der Waals surface area contributed by atoms with Gasteiger partial charge in [0.2, 0.25) is 5.91 Å². The molecule has 0 saturated carbocycles. The number of rotatable bonds is 7. The highest BCUT2D eigenvalue weighted by atomic mass is 16.1. The van der Waals surface area contributed by atoms with Crippen molar-refractivity contribution in [3.63, 3.8) is 0 Å².